The molecule has 0 aliphatic rings. The zero-order valence-electron chi connectivity index (χ0n) is 20.3. The molecule has 0 radical (unpaired) electrons. The molecule has 0 bridgehead atoms. The lowest BCUT2D eigenvalue weighted by molar-refractivity contribution is -0.143. The van der Waals surface area contributed by atoms with Gasteiger partial charge in [-0.1, -0.05) is 48.0 Å². The highest BCUT2D eigenvalue weighted by atomic mass is 16.4. The van der Waals surface area contributed by atoms with Crippen molar-refractivity contribution in [2.75, 3.05) is 0 Å². The molecular weight excluding hydrogens is 416 g/mol. The number of nitrogens with one attached hydrogen (secondary N) is 3. The fraction of sp³-hybridized carbons (Fsp3) is 0.818. The largest absolute Gasteiger partial charge is 0.480 e. The van der Waals surface area contributed by atoms with Crippen LogP contribution < -0.4 is 21.7 Å². The van der Waals surface area contributed by atoms with E-state index in [0.717, 1.165) is 0 Å². The van der Waals surface area contributed by atoms with Crippen molar-refractivity contribution in [2.45, 2.75) is 98.0 Å². The van der Waals surface area contributed by atoms with Crippen LogP contribution in [0, 0.1) is 17.8 Å². The van der Waals surface area contributed by atoms with Gasteiger partial charge in [0.15, 0.2) is 0 Å². The number of aliphatic carboxylic acids is 1. The molecule has 0 aromatic rings. The van der Waals surface area contributed by atoms with Crippen LogP contribution in [-0.4, -0.2) is 64.2 Å². The Morgan fingerprint density at radius 2 is 1.25 bits per heavy atom. The Bertz CT molecular complexity index is 638. The molecule has 7 N–H and O–H groups in total. The van der Waals surface area contributed by atoms with Crippen molar-refractivity contribution in [1.82, 2.24) is 16.0 Å². The zero-order chi connectivity index (χ0) is 25.2. The molecule has 0 rings (SSSR count). The van der Waals surface area contributed by atoms with Crippen LogP contribution in [0.15, 0.2) is 0 Å². The van der Waals surface area contributed by atoms with E-state index in [1.165, 1.54) is 6.92 Å². The van der Waals surface area contributed by atoms with E-state index in [1.54, 1.807) is 6.92 Å². The molecule has 186 valence electrons. The number of hydrogen-bond donors (Lipinski definition) is 6. The number of hydrogen-bond acceptors (Lipinski definition) is 6. The number of carbonyl (C=O) groups excluding carboxylic acids is 3. The van der Waals surface area contributed by atoms with Gasteiger partial charge in [0, 0.05) is 0 Å². The van der Waals surface area contributed by atoms with E-state index in [1.807, 2.05) is 34.6 Å². The molecule has 0 spiro atoms. The molecule has 0 fully saturated rings. The molecule has 6 unspecified atom stereocenters. The molecule has 10 heteroatoms. The SMILES string of the molecule is CCC(C)C(N)C(=O)NC(C(=O)NC(CC(C)C)C(=O)NC(CC(C)C)C(=O)O)C(C)O. The number of aliphatic hydroxyl groups excluding tert-OH is 1. The molecule has 0 heterocycles. The van der Waals surface area contributed by atoms with E-state index >= 15 is 0 Å². The first-order valence-corrected chi connectivity index (χ1v) is 11.3. The van der Waals surface area contributed by atoms with Gasteiger partial charge in [0.2, 0.25) is 17.7 Å². The van der Waals surface area contributed by atoms with Gasteiger partial charge in [-0.05, 0) is 37.5 Å². The number of amides is 3. The minimum absolute atomic E-state index is 0.0119. The van der Waals surface area contributed by atoms with Gasteiger partial charge in [0.1, 0.15) is 18.1 Å². The Kier molecular flexibility index (Phi) is 13.1. The first kappa shape index (κ1) is 29.8. The molecule has 0 aromatic heterocycles. The molecule has 0 saturated carbocycles. The van der Waals surface area contributed by atoms with Crippen molar-refractivity contribution in [3.05, 3.63) is 0 Å². The smallest absolute Gasteiger partial charge is 0.326 e. The lowest BCUT2D eigenvalue weighted by Gasteiger charge is -2.28. The summed E-state index contributed by atoms with van der Waals surface area (Å²) >= 11 is 0. The molecule has 6 atom stereocenters. The number of carboxylic acids is 1. The third kappa shape index (κ3) is 10.4. The van der Waals surface area contributed by atoms with Crippen molar-refractivity contribution in [1.29, 1.82) is 0 Å². The summed E-state index contributed by atoms with van der Waals surface area (Å²) in [6.07, 6.45) is -0.0851. The predicted octanol–water partition coefficient (Wildman–Crippen LogP) is 0.372. The Morgan fingerprint density at radius 1 is 0.781 bits per heavy atom. The molecule has 0 aliphatic carbocycles. The predicted molar refractivity (Wildman–Crippen MR) is 121 cm³/mol. The highest BCUT2D eigenvalue weighted by Gasteiger charge is 2.33. The van der Waals surface area contributed by atoms with Gasteiger partial charge < -0.3 is 31.9 Å². The summed E-state index contributed by atoms with van der Waals surface area (Å²) in [5, 5.41) is 27.0. The summed E-state index contributed by atoms with van der Waals surface area (Å²) in [5.41, 5.74) is 5.91. The lowest BCUT2D eigenvalue weighted by Crippen LogP contribution is -2.60. The molecular formula is C22H42N4O6. The Balaban J connectivity index is 5.47. The van der Waals surface area contributed by atoms with E-state index in [0.29, 0.717) is 6.42 Å². The van der Waals surface area contributed by atoms with Crippen molar-refractivity contribution >= 4 is 23.7 Å². The second kappa shape index (κ2) is 14.1. The molecule has 3 amide bonds. The van der Waals surface area contributed by atoms with Crippen LogP contribution >= 0.6 is 0 Å². The van der Waals surface area contributed by atoms with Gasteiger partial charge in [-0.3, -0.25) is 14.4 Å². The van der Waals surface area contributed by atoms with Crippen molar-refractivity contribution in [3.63, 3.8) is 0 Å². The lowest BCUT2D eigenvalue weighted by atomic mass is 9.98. The van der Waals surface area contributed by atoms with E-state index in [4.69, 9.17) is 5.73 Å². The summed E-state index contributed by atoms with van der Waals surface area (Å²) in [6.45, 7) is 12.4. The van der Waals surface area contributed by atoms with Crippen molar-refractivity contribution in [3.8, 4) is 0 Å². The highest BCUT2D eigenvalue weighted by molar-refractivity contribution is 5.94. The average Bonchev–Trinajstić information content (AvgIpc) is 2.68. The molecule has 0 aliphatic heterocycles. The number of aliphatic hydroxyl groups is 1. The first-order chi connectivity index (χ1) is 14.7. The third-order valence-electron chi connectivity index (χ3n) is 5.28. The Hall–Kier alpha value is -2.20. The van der Waals surface area contributed by atoms with Crippen LogP contribution in [0.4, 0.5) is 0 Å². The zero-order valence-corrected chi connectivity index (χ0v) is 20.3. The monoisotopic (exact) mass is 458 g/mol. The topological polar surface area (TPSA) is 171 Å². The Labute approximate surface area is 191 Å². The second-order valence-corrected chi connectivity index (χ2v) is 9.36. The maximum atomic E-state index is 12.9. The van der Waals surface area contributed by atoms with Crippen LogP contribution in [0.1, 0.15) is 67.7 Å². The van der Waals surface area contributed by atoms with Gasteiger partial charge >= 0.3 is 5.97 Å². The van der Waals surface area contributed by atoms with Gasteiger partial charge in [-0.2, -0.15) is 0 Å². The van der Waals surface area contributed by atoms with E-state index in [-0.39, 0.29) is 30.6 Å². The number of carbonyl (C=O) groups is 4. The van der Waals surface area contributed by atoms with Gasteiger partial charge in [0.25, 0.3) is 0 Å². The summed E-state index contributed by atoms with van der Waals surface area (Å²) in [5.74, 6) is -3.19. The summed E-state index contributed by atoms with van der Waals surface area (Å²) in [4.78, 5) is 49.6. The average molecular weight is 459 g/mol. The van der Waals surface area contributed by atoms with Crippen LogP contribution in [0.25, 0.3) is 0 Å². The summed E-state index contributed by atoms with van der Waals surface area (Å²) in [6, 6.07) is -4.28. The molecule has 0 saturated heterocycles. The number of carboxylic acid groups (broad SMARTS) is 1. The first-order valence-electron chi connectivity index (χ1n) is 11.3. The maximum Gasteiger partial charge on any atom is 0.326 e. The van der Waals surface area contributed by atoms with E-state index in [9.17, 15) is 29.4 Å². The standard InChI is InChI=1S/C22H42N4O6/c1-8-13(6)17(23)20(29)26-18(14(7)27)21(30)24-15(9-11(2)3)19(28)25-16(22(31)32)10-12(4)5/h11-18,27H,8-10,23H2,1-7H3,(H,24,30)(H,25,28)(H,26,29)(H,31,32). The van der Waals surface area contributed by atoms with Gasteiger partial charge in [-0.15, -0.1) is 0 Å². The maximum absolute atomic E-state index is 12.9. The van der Waals surface area contributed by atoms with Crippen LogP contribution in [0.3, 0.4) is 0 Å². The van der Waals surface area contributed by atoms with Crippen LogP contribution in [0.5, 0.6) is 0 Å². The minimum atomic E-state index is -1.31. The van der Waals surface area contributed by atoms with Crippen molar-refractivity contribution < 1.29 is 29.4 Å². The normalized spacial score (nSPS) is 17.1. The molecule has 32 heavy (non-hydrogen) atoms. The highest BCUT2D eigenvalue weighted by Crippen LogP contribution is 2.10. The van der Waals surface area contributed by atoms with E-state index in [2.05, 4.69) is 16.0 Å². The summed E-state index contributed by atoms with van der Waals surface area (Å²) < 4.78 is 0. The van der Waals surface area contributed by atoms with E-state index < -0.39 is 54.0 Å². The molecule has 10 nitrogen and oxygen atoms in total. The number of rotatable bonds is 14. The van der Waals surface area contributed by atoms with Crippen LogP contribution in [0.2, 0.25) is 0 Å². The fourth-order valence-corrected chi connectivity index (χ4v) is 3.10. The van der Waals surface area contributed by atoms with Crippen LogP contribution in [-0.2, 0) is 19.2 Å². The second-order valence-electron chi connectivity index (χ2n) is 9.36. The van der Waals surface area contributed by atoms with Gasteiger partial charge in [0.05, 0.1) is 12.1 Å². The fourth-order valence-electron chi connectivity index (χ4n) is 3.10. The quantitative estimate of drug-likeness (QED) is 0.218. The molecule has 0 aromatic carbocycles. The number of nitrogens with two attached hydrogens (primary N) is 1. The third-order valence-corrected chi connectivity index (χ3v) is 5.28. The van der Waals surface area contributed by atoms with Crippen molar-refractivity contribution in [2.24, 2.45) is 23.5 Å². The Morgan fingerprint density at radius 3 is 1.66 bits per heavy atom. The summed E-state index contributed by atoms with van der Waals surface area (Å²) in [7, 11) is 0. The van der Waals surface area contributed by atoms with Gasteiger partial charge in [-0.25, -0.2) is 4.79 Å². The minimum Gasteiger partial charge on any atom is -0.480 e.